The maximum absolute atomic E-state index is 11.5. The van der Waals surface area contributed by atoms with Crippen molar-refractivity contribution in [3.05, 3.63) is 0 Å². The van der Waals surface area contributed by atoms with Crippen LogP contribution in [0.4, 0.5) is 0 Å². The molecule has 12 heavy (non-hydrogen) atoms. The van der Waals surface area contributed by atoms with Crippen molar-refractivity contribution in [3.63, 3.8) is 0 Å². The lowest BCUT2D eigenvalue weighted by Crippen LogP contribution is -2.32. The van der Waals surface area contributed by atoms with E-state index in [2.05, 4.69) is 0 Å². The van der Waals surface area contributed by atoms with Crippen molar-refractivity contribution < 1.29 is 8.42 Å². The van der Waals surface area contributed by atoms with Gasteiger partial charge in [-0.1, -0.05) is 0 Å². The molecule has 0 aliphatic heterocycles. The molecule has 3 nitrogen and oxygen atoms in total. The zero-order valence-corrected chi connectivity index (χ0v) is 8.77. The van der Waals surface area contributed by atoms with E-state index in [0.29, 0.717) is 0 Å². The molecule has 0 spiro atoms. The van der Waals surface area contributed by atoms with Crippen molar-refractivity contribution in [2.45, 2.75) is 32.4 Å². The first-order valence-corrected chi connectivity index (χ1v) is 5.48. The zero-order valence-electron chi connectivity index (χ0n) is 7.96. The molecule has 0 aromatic carbocycles. The highest BCUT2D eigenvalue weighted by Gasteiger charge is 2.30. The van der Waals surface area contributed by atoms with E-state index in [1.54, 1.807) is 27.7 Å². The average Bonchev–Trinajstić information content (AvgIpc) is 1.84. The maximum atomic E-state index is 11.5. The second kappa shape index (κ2) is 3.44. The molecule has 0 rings (SSSR count). The van der Waals surface area contributed by atoms with Gasteiger partial charge in [0, 0.05) is 0 Å². The van der Waals surface area contributed by atoms with Gasteiger partial charge in [-0.3, -0.25) is 0 Å². The Balaban J connectivity index is 4.60. The van der Waals surface area contributed by atoms with Crippen LogP contribution in [-0.4, -0.2) is 18.9 Å². The van der Waals surface area contributed by atoms with Crippen LogP contribution >= 0.6 is 0 Å². The van der Waals surface area contributed by atoms with Gasteiger partial charge >= 0.3 is 0 Å². The molecule has 70 valence electrons. The fraction of sp³-hybridized carbons (Fsp3) is 0.875. The molecule has 0 heterocycles. The van der Waals surface area contributed by atoms with Gasteiger partial charge in [-0.2, -0.15) is 5.26 Å². The van der Waals surface area contributed by atoms with Crippen molar-refractivity contribution in [1.29, 1.82) is 5.26 Å². The van der Waals surface area contributed by atoms with Gasteiger partial charge in [0.15, 0.2) is 9.84 Å². The summed E-state index contributed by atoms with van der Waals surface area (Å²) in [6.07, 6.45) is 0. The van der Waals surface area contributed by atoms with Crippen LogP contribution in [0.15, 0.2) is 0 Å². The molecule has 0 amide bonds. The summed E-state index contributed by atoms with van der Waals surface area (Å²) in [5.41, 5.74) is 0. The summed E-state index contributed by atoms with van der Waals surface area (Å²) in [7, 11) is -3.13. The van der Waals surface area contributed by atoms with E-state index in [1.165, 1.54) is 0 Å². The average molecular weight is 189 g/mol. The Bertz CT molecular complexity index is 279. The van der Waals surface area contributed by atoms with Crippen LogP contribution in [0.1, 0.15) is 27.7 Å². The van der Waals surface area contributed by atoms with Crippen molar-refractivity contribution >= 4 is 9.84 Å². The highest BCUT2D eigenvalue weighted by molar-refractivity contribution is 7.92. The highest BCUT2D eigenvalue weighted by Crippen LogP contribution is 2.18. The minimum atomic E-state index is -3.13. The normalized spacial score (nSPS) is 15.2. The number of hydrogen-bond donors (Lipinski definition) is 0. The van der Waals surface area contributed by atoms with Crippen molar-refractivity contribution in [3.8, 4) is 6.07 Å². The van der Waals surface area contributed by atoms with Crippen molar-refractivity contribution in [2.24, 2.45) is 5.92 Å². The number of hydrogen-bond acceptors (Lipinski definition) is 3. The molecule has 0 aromatic heterocycles. The minimum Gasteiger partial charge on any atom is -0.228 e. The van der Waals surface area contributed by atoms with Gasteiger partial charge in [-0.25, -0.2) is 8.42 Å². The van der Waals surface area contributed by atoms with Gasteiger partial charge in [0.05, 0.1) is 22.5 Å². The summed E-state index contributed by atoms with van der Waals surface area (Å²) in [4.78, 5) is 0. The monoisotopic (exact) mass is 189 g/mol. The lowest BCUT2D eigenvalue weighted by molar-refractivity contribution is 0.553. The van der Waals surface area contributed by atoms with E-state index in [9.17, 15) is 8.42 Å². The van der Waals surface area contributed by atoms with Gasteiger partial charge in [0.1, 0.15) is 0 Å². The molecule has 4 heteroatoms. The molecule has 0 bridgehead atoms. The van der Waals surface area contributed by atoms with E-state index in [4.69, 9.17) is 5.26 Å². The van der Waals surface area contributed by atoms with E-state index >= 15 is 0 Å². The molecule has 0 N–H and O–H groups in total. The van der Waals surface area contributed by atoms with E-state index < -0.39 is 20.5 Å². The number of nitriles is 1. The lowest BCUT2D eigenvalue weighted by atomic mass is 10.2. The molecule has 1 unspecified atom stereocenters. The summed E-state index contributed by atoms with van der Waals surface area (Å²) >= 11 is 0. The summed E-state index contributed by atoms with van der Waals surface area (Å²) in [5, 5.41) is 8.45. The summed E-state index contributed by atoms with van der Waals surface area (Å²) in [5.74, 6) is -0.471. The third-order valence-corrected chi connectivity index (χ3v) is 4.43. The van der Waals surface area contributed by atoms with Gasteiger partial charge in [-0.05, 0) is 27.7 Å². The Morgan fingerprint density at radius 2 is 1.83 bits per heavy atom. The maximum Gasteiger partial charge on any atom is 0.156 e. The predicted octanol–water partition coefficient (Wildman–Crippen LogP) is 1.36. The molecule has 1 atom stereocenters. The topological polar surface area (TPSA) is 57.9 Å². The number of sulfone groups is 1. The largest absolute Gasteiger partial charge is 0.228 e. The SMILES string of the molecule is CC(C#N)CS(=O)(=O)C(C)(C)C. The Kier molecular flexibility index (Phi) is 3.28. The number of rotatable bonds is 2. The Hall–Kier alpha value is -0.560. The molecule has 0 aliphatic rings. The van der Waals surface area contributed by atoms with Crippen LogP contribution in [0.5, 0.6) is 0 Å². The predicted molar refractivity (Wildman–Crippen MR) is 48.3 cm³/mol. The van der Waals surface area contributed by atoms with Gasteiger partial charge in [-0.15, -0.1) is 0 Å². The van der Waals surface area contributed by atoms with Gasteiger partial charge in [0.25, 0.3) is 0 Å². The first-order valence-electron chi connectivity index (χ1n) is 3.82. The van der Waals surface area contributed by atoms with Gasteiger partial charge in [0.2, 0.25) is 0 Å². The third-order valence-electron chi connectivity index (χ3n) is 1.62. The number of nitrogens with zero attached hydrogens (tertiary/aromatic N) is 1. The Morgan fingerprint density at radius 1 is 1.42 bits per heavy atom. The quantitative estimate of drug-likeness (QED) is 0.659. The van der Waals surface area contributed by atoms with Crippen LogP contribution in [0, 0.1) is 17.2 Å². The zero-order chi connectivity index (χ0) is 9.99. The molecule has 0 saturated heterocycles. The molecule has 0 fully saturated rings. The van der Waals surface area contributed by atoms with Gasteiger partial charge < -0.3 is 0 Å². The molecule has 0 saturated carbocycles. The fourth-order valence-corrected chi connectivity index (χ4v) is 1.85. The standard InChI is InChI=1S/C8H15NO2S/c1-7(5-9)6-12(10,11)8(2,3)4/h7H,6H2,1-4H3. The van der Waals surface area contributed by atoms with E-state index in [0.717, 1.165) is 0 Å². The molecular weight excluding hydrogens is 174 g/mol. The Labute approximate surface area is 74.3 Å². The second-order valence-electron chi connectivity index (χ2n) is 3.92. The molecule has 0 aromatic rings. The van der Waals surface area contributed by atoms with Crippen LogP contribution in [0.3, 0.4) is 0 Å². The first-order chi connectivity index (χ1) is 5.20. The van der Waals surface area contributed by atoms with Crippen LogP contribution in [0.25, 0.3) is 0 Å². The lowest BCUT2D eigenvalue weighted by Gasteiger charge is -2.19. The fourth-order valence-electron chi connectivity index (χ4n) is 0.616. The molecular formula is C8H15NO2S. The van der Waals surface area contributed by atoms with Crippen molar-refractivity contribution in [2.75, 3.05) is 5.75 Å². The summed E-state index contributed by atoms with van der Waals surface area (Å²) in [6, 6.07) is 1.91. The smallest absolute Gasteiger partial charge is 0.156 e. The minimum absolute atomic E-state index is 0.0486. The summed E-state index contributed by atoms with van der Waals surface area (Å²) in [6.45, 7) is 6.55. The van der Waals surface area contributed by atoms with Crippen LogP contribution in [-0.2, 0) is 9.84 Å². The molecule has 0 radical (unpaired) electrons. The second-order valence-corrected chi connectivity index (χ2v) is 6.71. The van der Waals surface area contributed by atoms with Crippen LogP contribution < -0.4 is 0 Å². The summed E-state index contributed by atoms with van der Waals surface area (Å²) < 4.78 is 22.2. The van der Waals surface area contributed by atoms with Crippen molar-refractivity contribution in [1.82, 2.24) is 0 Å². The first kappa shape index (κ1) is 11.4. The van der Waals surface area contributed by atoms with Crippen LogP contribution in [0.2, 0.25) is 0 Å². The highest BCUT2D eigenvalue weighted by atomic mass is 32.2. The third kappa shape index (κ3) is 2.82. The van der Waals surface area contributed by atoms with E-state index in [-0.39, 0.29) is 5.75 Å². The Morgan fingerprint density at radius 3 is 2.08 bits per heavy atom. The van der Waals surface area contributed by atoms with E-state index in [1.807, 2.05) is 6.07 Å². The molecule has 0 aliphatic carbocycles.